The summed E-state index contributed by atoms with van der Waals surface area (Å²) in [5, 5.41) is 0. The van der Waals surface area contributed by atoms with Crippen LogP contribution in [0, 0.1) is 13.8 Å². The predicted molar refractivity (Wildman–Crippen MR) is 58.6 cm³/mol. The third kappa shape index (κ3) is 4.30. The standard InChI is InChI=1S/C11H16F3N3/c1-7-9(4-6-15)8(2)17-10(16-7)3-5-11(12,13)14/h3-6,15H2,1-2H3. The molecule has 0 saturated carbocycles. The van der Waals surface area contributed by atoms with Crippen molar-refractivity contribution in [1.82, 2.24) is 9.97 Å². The molecule has 0 radical (unpaired) electrons. The quantitative estimate of drug-likeness (QED) is 0.886. The highest BCUT2D eigenvalue weighted by Crippen LogP contribution is 2.21. The van der Waals surface area contributed by atoms with E-state index in [2.05, 4.69) is 9.97 Å². The molecule has 17 heavy (non-hydrogen) atoms. The first kappa shape index (κ1) is 13.9. The van der Waals surface area contributed by atoms with E-state index in [0.717, 1.165) is 17.0 Å². The Morgan fingerprint density at radius 1 is 1.06 bits per heavy atom. The zero-order chi connectivity index (χ0) is 13.1. The lowest BCUT2D eigenvalue weighted by Crippen LogP contribution is -2.13. The van der Waals surface area contributed by atoms with Crippen LogP contribution in [0.1, 0.15) is 29.2 Å². The molecule has 0 aliphatic heterocycles. The van der Waals surface area contributed by atoms with Crippen molar-refractivity contribution in [2.45, 2.75) is 39.3 Å². The molecule has 0 saturated heterocycles. The van der Waals surface area contributed by atoms with E-state index in [4.69, 9.17) is 5.73 Å². The van der Waals surface area contributed by atoms with Crippen LogP contribution in [0.3, 0.4) is 0 Å². The van der Waals surface area contributed by atoms with Crippen LogP contribution in [0.25, 0.3) is 0 Å². The first-order valence-corrected chi connectivity index (χ1v) is 5.43. The van der Waals surface area contributed by atoms with E-state index in [-0.39, 0.29) is 12.2 Å². The lowest BCUT2D eigenvalue weighted by Gasteiger charge is -2.10. The molecule has 0 aromatic carbocycles. The average molecular weight is 247 g/mol. The highest BCUT2D eigenvalue weighted by atomic mass is 19.4. The molecule has 0 aliphatic carbocycles. The molecule has 0 bridgehead atoms. The van der Waals surface area contributed by atoms with Gasteiger partial charge in [-0.2, -0.15) is 13.2 Å². The summed E-state index contributed by atoms with van der Waals surface area (Å²) in [5.74, 6) is 0.248. The predicted octanol–water partition coefficient (Wildman–Crippen LogP) is 2.09. The van der Waals surface area contributed by atoms with Crippen molar-refractivity contribution in [2.24, 2.45) is 5.73 Å². The summed E-state index contributed by atoms with van der Waals surface area (Å²) < 4.78 is 36.2. The maximum absolute atomic E-state index is 12.1. The fraction of sp³-hybridized carbons (Fsp3) is 0.636. The maximum Gasteiger partial charge on any atom is 0.389 e. The normalized spacial score (nSPS) is 11.9. The molecular formula is C11H16F3N3. The maximum atomic E-state index is 12.1. The number of halogens is 3. The minimum absolute atomic E-state index is 0.173. The molecule has 6 heteroatoms. The molecule has 1 aromatic rings. The Bertz CT molecular complexity index is 365. The first-order valence-electron chi connectivity index (χ1n) is 5.43. The van der Waals surface area contributed by atoms with Gasteiger partial charge >= 0.3 is 6.18 Å². The zero-order valence-electron chi connectivity index (χ0n) is 9.93. The van der Waals surface area contributed by atoms with Crippen molar-refractivity contribution in [3.05, 3.63) is 22.8 Å². The van der Waals surface area contributed by atoms with Crippen molar-refractivity contribution in [3.63, 3.8) is 0 Å². The summed E-state index contributed by atoms with van der Waals surface area (Å²) in [6.07, 6.45) is -4.57. The number of hydrogen-bond donors (Lipinski definition) is 1. The van der Waals surface area contributed by atoms with Gasteiger partial charge in [0.1, 0.15) is 5.82 Å². The first-order chi connectivity index (χ1) is 7.83. The summed E-state index contributed by atoms with van der Waals surface area (Å²) >= 11 is 0. The van der Waals surface area contributed by atoms with Gasteiger partial charge in [-0.15, -0.1) is 0 Å². The number of hydrogen-bond acceptors (Lipinski definition) is 3. The third-order valence-electron chi connectivity index (χ3n) is 2.49. The van der Waals surface area contributed by atoms with Crippen molar-refractivity contribution >= 4 is 0 Å². The number of aryl methyl sites for hydroxylation is 3. The molecule has 2 N–H and O–H groups in total. The van der Waals surface area contributed by atoms with Crippen LogP contribution in [0.15, 0.2) is 0 Å². The Morgan fingerprint density at radius 2 is 1.59 bits per heavy atom. The summed E-state index contributed by atoms with van der Waals surface area (Å²) in [6.45, 7) is 4.03. The molecule has 0 atom stereocenters. The minimum Gasteiger partial charge on any atom is -0.330 e. The number of aromatic nitrogens is 2. The third-order valence-corrected chi connectivity index (χ3v) is 2.49. The van der Waals surface area contributed by atoms with Crippen LogP contribution >= 0.6 is 0 Å². The Hall–Kier alpha value is -1.17. The fourth-order valence-electron chi connectivity index (χ4n) is 1.68. The number of nitrogens with two attached hydrogens (primary N) is 1. The molecule has 0 fully saturated rings. The van der Waals surface area contributed by atoms with Crippen molar-refractivity contribution in [2.75, 3.05) is 6.54 Å². The fourth-order valence-corrected chi connectivity index (χ4v) is 1.68. The largest absolute Gasteiger partial charge is 0.389 e. The van der Waals surface area contributed by atoms with Gasteiger partial charge in [-0.3, -0.25) is 0 Å². The van der Waals surface area contributed by atoms with E-state index in [1.165, 1.54) is 0 Å². The summed E-state index contributed by atoms with van der Waals surface area (Å²) in [5.41, 5.74) is 7.83. The molecule has 96 valence electrons. The minimum atomic E-state index is -4.17. The van der Waals surface area contributed by atoms with Gasteiger partial charge in [0, 0.05) is 17.8 Å². The second-order valence-electron chi connectivity index (χ2n) is 3.94. The van der Waals surface area contributed by atoms with Crippen LogP contribution < -0.4 is 5.73 Å². The summed E-state index contributed by atoms with van der Waals surface area (Å²) in [7, 11) is 0. The highest BCUT2D eigenvalue weighted by Gasteiger charge is 2.27. The van der Waals surface area contributed by atoms with Crippen molar-refractivity contribution in [3.8, 4) is 0 Å². The van der Waals surface area contributed by atoms with Crippen molar-refractivity contribution in [1.29, 1.82) is 0 Å². The van der Waals surface area contributed by atoms with E-state index in [9.17, 15) is 13.2 Å². The van der Waals surface area contributed by atoms with Gasteiger partial charge in [-0.05, 0) is 32.4 Å². The van der Waals surface area contributed by atoms with Gasteiger partial charge in [-0.1, -0.05) is 0 Å². The van der Waals surface area contributed by atoms with E-state index >= 15 is 0 Å². The molecule has 1 heterocycles. The van der Waals surface area contributed by atoms with E-state index in [1.54, 1.807) is 13.8 Å². The summed E-state index contributed by atoms with van der Waals surface area (Å²) in [6, 6.07) is 0. The van der Waals surface area contributed by atoms with Crippen LogP contribution in [0.5, 0.6) is 0 Å². The van der Waals surface area contributed by atoms with Gasteiger partial charge in [0.15, 0.2) is 0 Å². The molecule has 3 nitrogen and oxygen atoms in total. The molecule has 0 aliphatic rings. The molecule has 1 aromatic heterocycles. The Kier molecular flexibility index (Phi) is 4.45. The van der Waals surface area contributed by atoms with Crippen LogP contribution in [-0.4, -0.2) is 22.7 Å². The van der Waals surface area contributed by atoms with Crippen molar-refractivity contribution < 1.29 is 13.2 Å². The Balaban J connectivity index is 2.83. The van der Waals surface area contributed by atoms with Crippen LogP contribution in [0.4, 0.5) is 13.2 Å². The zero-order valence-corrected chi connectivity index (χ0v) is 9.93. The monoisotopic (exact) mass is 247 g/mol. The van der Waals surface area contributed by atoms with Crippen LogP contribution in [0.2, 0.25) is 0 Å². The van der Waals surface area contributed by atoms with Gasteiger partial charge < -0.3 is 5.73 Å². The topological polar surface area (TPSA) is 51.8 Å². The highest BCUT2D eigenvalue weighted by molar-refractivity contribution is 5.24. The Labute approximate surface area is 98.3 Å². The number of alkyl halides is 3. The van der Waals surface area contributed by atoms with Gasteiger partial charge in [0.05, 0.1) is 6.42 Å². The van der Waals surface area contributed by atoms with Crippen LogP contribution in [-0.2, 0) is 12.8 Å². The number of rotatable bonds is 4. The smallest absolute Gasteiger partial charge is 0.330 e. The average Bonchev–Trinajstić information content (AvgIpc) is 2.19. The molecule has 1 rings (SSSR count). The Morgan fingerprint density at radius 3 is 2.00 bits per heavy atom. The van der Waals surface area contributed by atoms with E-state index in [1.807, 2.05) is 0 Å². The lowest BCUT2D eigenvalue weighted by atomic mass is 10.1. The lowest BCUT2D eigenvalue weighted by molar-refractivity contribution is -0.134. The molecular weight excluding hydrogens is 231 g/mol. The van der Waals surface area contributed by atoms with E-state index < -0.39 is 12.6 Å². The molecule has 0 spiro atoms. The van der Waals surface area contributed by atoms with Gasteiger partial charge in [0.2, 0.25) is 0 Å². The second kappa shape index (κ2) is 5.44. The number of nitrogens with zero attached hydrogens (tertiary/aromatic N) is 2. The molecule has 0 unspecified atom stereocenters. The SMILES string of the molecule is Cc1nc(CCC(F)(F)F)nc(C)c1CCN. The second-order valence-corrected chi connectivity index (χ2v) is 3.94. The van der Waals surface area contributed by atoms with E-state index in [0.29, 0.717) is 13.0 Å². The summed E-state index contributed by atoms with van der Waals surface area (Å²) in [4.78, 5) is 8.18. The van der Waals surface area contributed by atoms with Gasteiger partial charge in [-0.25, -0.2) is 9.97 Å². The van der Waals surface area contributed by atoms with Gasteiger partial charge in [0.25, 0.3) is 0 Å². The molecule has 0 amide bonds.